The minimum atomic E-state index is -0.996. The Bertz CT molecular complexity index is 412. The number of esters is 1. The fourth-order valence-corrected chi connectivity index (χ4v) is 1.67. The Morgan fingerprint density at radius 2 is 1.56 bits per heavy atom. The van der Waals surface area contributed by atoms with Crippen molar-refractivity contribution < 1.29 is 19.1 Å². The molecular weight excluding hydrogens is 208 g/mol. The molecule has 0 bridgehead atoms. The number of rotatable bonds is 1. The van der Waals surface area contributed by atoms with Gasteiger partial charge in [-0.25, -0.2) is 9.59 Å². The molecule has 1 aromatic rings. The molecule has 4 nitrogen and oxygen atoms in total. The van der Waals surface area contributed by atoms with Crippen LogP contribution in [0, 0.1) is 20.8 Å². The fraction of sp³-hybridized carbons (Fsp3) is 0.333. The first-order chi connectivity index (χ1) is 7.45. The summed E-state index contributed by atoms with van der Waals surface area (Å²) < 4.78 is 8.75. The maximum Gasteiger partial charge on any atom is 0.516 e. The van der Waals surface area contributed by atoms with Gasteiger partial charge in [-0.1, -0.05) is 17.7 Å². The van der Waals surface area contributed by atoms with Gasteiger partial charge >= 0.3 is 12.1 Å². The number of carbonyl (C=O) groups is 2. The van der Waals surface area contributed by atoms with Crippen LogP contribution in [0.2, 0.25) is 0 Å². The van der Waals surface area contributed by atoms with Crippen molar-refractivity contribution in [3.05, 3.63) is 34.4 Å². The number of benzene rings is 1. The third-order valence-corrected chi connectivity index (χ3v) is 2.22. The minimum absolute atomic E-state index is 0.413. The number of hydrogen-bond acceptors (Lipinski definition) is 4. The highest BCUT2D eigenvalue weighted by atomic mass is 16.7. The lowest BCUT2D eigenvalue weighted by atomic mass is 10.0. The van der Waals surface area contributed by atoms with Crippen molar-refractivity contribution in [3.8, 4) is 0 Å². The average molecular weight is 222 g/mol. The van der Waals surface area contributed by atoms with E-state index >= 15 is 0 Å². The third-order valence-electron chi connectivity index (χ3n) is 2.22. The Kier molecular flexibility index (Phi) is 3.66. The number of carbonyl (C=O) groups excluding carboxylic acids is 2. The van der Waals surface area contributed by atoms with Crippen LogP contribution in [0.15, 0.2) is 12.1 Å². The molecule has 0 amide bonds. The van der Waals surface area contributed by atoms with Gasteiger partial charge in [0.05, 0.1) is 12.7 Å². The van der Waals surface area contributed by atoms with Crippen LogP contribution in [0.4, 0.5) is 4.79 Å². The lowest BCUT2D eigenvalue weighted by molar-refractivity contribution is 0.0450. The molecule has 0 spiro atoms. The van der Waals surface area contributed by atoms with Gasteiger partial charge in [0.15, 0.2) is 0 Å². The zero-order chi connectivity index (χ0) is 12.3. The summed E-state index contributed by atoms with van der Waals surface area (Å²) in [6.07, 6.45) is -0.996. The van der Waals surface area contributed by atoms with Crippen LogP contribution >= 0.6 is 0 Å². The molecule has 0 aliphatic rings. The van der Waals surface area contributed by atoms with Crippen LogP contribution in [0.1, 0.15) is 27.0 Å². The first-order valence-electron chi connectivity index (χ1n) is 4.83. The zero-order valence-corrected chi connectivity index (χ0v) is 9.79. The second-order valence-electron chi connectivity index (χ2n) is 3.62. The van der Waals surface area contributed by atoms with Gasteiger partial charge in [-0.2, -0.15) is 0 Å². The van der Waals surface area contributed by atoms with E-state index in [0.717, 1.165) is 23.8 Å². The molecule has 0 atom stereocenters. The molecule has 86 valence electrons. The lowest BCUT2D eigenvalue weighted by Crippen LogP contribution is -2.14. The first kappa shape index (κ1) is 12.2. The summed E-state index contributed by atoms with van der Waals surface area (Å²) in [5, 5.41) is 0. The zero-order valence-electron chi connectivity index (χ0n) is 9.79. The Labute approximate surface area is 94.2 Å². The normalized spacial score (nSPS) is 9.75. The van der Waals surface area contributed by atoms with Gasteiger partial charge < -0.3 is 9.47 Å². The van der Waals surface area contributed by atoms with Gasteiger partial charge in [-0.15, -0.1) is 0 Å². The molecule has 0 N–H and O–H groups in total. The van der Waals surface area contributed by atoms with E-state index in [9.17, 15) is 9.59 Å². The highest BCUT2D eigenvalue weighted by Crippen LogP contribution is 2.17. The van der Waals surface area contributed by atoms with Gasteiger partial charge in [0.2, 0.25) is 0 Å². The summed E-state index contributed by atoms with van der Waals surface area (Å²) in [6.45, 7) is 5.54. The number of aryl methyl sites for hydroxylation is 3. The van der Waals surface area contributed by atoms with Crippen molar-refractivity contribution in [3.63, 3.8) is 0 Å². The first-order valence-corrected chi connectivity index (χ1v) is 4.83. The topological polar surface area (TPSA) is 52.6 Å². The third kappa shape index (κ3) is 2.59. The highest BCUT2D eigenvalue weighted by molar-refractivity contribution is 5.97. The molecule has 0 heterocycles. The quantitative estimate of drug-likeness (QED) is 0.541. The molecule has 0 saturated heterocycles. The van der Waals surface area contributed by atoms with Gasteiger partial charge in [-0.05, 0) is 31.9 Å². The Morgan fingerprint density at radius 1 is 1.06 bits per heavy atom. The van der Waals surface area contributed by atoms with E-state index in [0.29, 0.717) is 5.56 Å². The summed E-state index contributed by atoms with van der Waals surface area (Å²) in [6, 6.07) is 3.72. The van der Waals surface area contributed by atoms with Crippen molar-refractivity contribution in [1.82, 2.24) is 0 Å². The summed E-state index contributed by atoms with van der Waals surface area (Å²) in [5.41, 5.74) is 3.04. The van der Waals surface area contributed by atoms with Crippen LogP contribution in [0.25, 0.3) is 0 Å². The van der Waals surface area contributed by atoms with Crippen molar-refractivity contribution in [2.24, 2.45) is 0 Å². The summed E-state index contributed by atoms with van der Waals surface area (Å²) >= 11 is 0. The molecule has 0 aliphatic carbocycles. The van der Waals surface area contributed by atoms with E-state index in [-0.39, 0.29) is 0 Å². The maximum atomic E-state index is 11.6. The van der Waals surface area contributed by atoms with E-state index in [1.807, 2.05) is 19.1 Å². The van der Waals surface area contributed by atoms with Crippen molar-refractivity contribution in [2.45, 2.75) is 20.8 Å². The van der Waals surface area contributed by atoms with Crippen molar-refractivity contribution in [1.29, 1.82) is 0 Å². The number of methoxy groups -OCH3 is 1. The standard InChI is InChI=1S/C12H14O4/c1-7-5-8(2)10(9(3)6-7)11(13)16-12(14)15-4/h5-6H,1-4H3. The minimum Gasteiger partial charge on any atom is -0.437 e. The summed E-state index contributed by atoms with van der Waals surface area (Å²) in [7, 11) is 1.16. The second-order valence-corrected chi connectivity index (χ2v) is 3.62. The molecule has 0 fully saturated rings. The molecule has 0 unspecified atom stereocenters. The highest BCUT2D eigenvalue weighted by Gasteiger charge is 2.17. The molecule has 0 saturated carbocycles. The predicted octanol–water partition coefficient (Wildman–Crippen LogP) is 2.54. The van der Waals surface area contributed by atoms with E-state index in [1.54, 1.807) is 13.8 Å². The SMILES string of the molecule is COC(=O)OC(=O)c1c(C)cc(C)cc1C. The smallest absolute Gasteiger partial charge is 0.437 e. The second kappa shape index (κ2) is 4.79. The van der Waals surface area contributed by atoms with Gasteiger partial charge in [-0.3, -0.25) is 0 Å². The summed E-state index contributed by atoms with van der Waals surface area (Å²) in [4.78, 5) is 22.5. The lowest BCUT2D eigenvalue weighted by Gasteiger charge is -2.09. The van der Waals surface area contributed by atoms with Gasteiger partial charge in [0.25, 0.3) is 0 Å². The van der Waals surface area contributed by atoms with Crippen LogP contribution in [-0.2, 0) is 9.47 Å². The number of hydrogen-bond donors (Lipinski definition) is 0. The molecule has 0 radical (unpaired) electrons. The Morgan fingerprint density at radius 3 is 2.00 bits per heavy atom. The van der Waals surface area contributed by atoms with E-state index in [4.69, 9.17) is 0 Å². The Balaban J connectivity index is 3.04. The molecule has 1 aromatic carbocycles. The fourth-order valence-electron chi connectivity index (χ4n) is 1.67. The monoisotopic (exact) mass is 222 g/mol. The molecule has 0 aliphatic heterocycles. The van der Waals surface area contributed by atoms with Crippen molar-refractivity contribution >= 4 is 12.1 Å². The number of ether oxygens (including phenoxy) is 2. The largest absolute Gasteiger partial charge is 0.516 e. The van der Waals surface area contributed by atoms with Gasteiger partial charge in [0, 0.05) is 0 Å². The van der Waals surface area contributed by atoms with Crippen LogP contribution < -0.4 is 0 Å². The van der Waals surface area contributed by atoms with Crippen LogP contribution in [0.5, 0.6) is 0 Å². The van der Waals surface area contributed by atoms with Crippen LogP contribution in [0.3, 0.4) is 0 Å². The maximum absolute atomic E-state index is 11.6. The predicted molar refractivity (Wildman–Crippen MR) is 58.5 cm³/mol. The van der Waals surface area contributed by atoms with Crippen LogP contribution in [-0.4, -0.2) is 19.2 Å². The Hall–Kier alpha value is -1.84. The summed E-state index contributed by atoms with van der Waals surface area (Å²) in [5.74, 6) is -0.679. The van der Waals surface area contributed by atoms with E-state index in [1.165, 1.54) is 0 Å². The molecular formula is C12H14O4. The molecule has 1 rings (SSSR count). The van der Waals surface area contributed by atoms with Gasteiger partial charge in [0.1, 0.15) is 0 Å². The molecule has 16 heavy (non-hydrogen) atoms. The molecule has 4 heteroatoms. The van der Waals surface area contributed by atoms with E-state index in [2.05, 4.69) is 9.47 Å². The van der Waals surface area contributed by atoms with Crippen molar-refractivity contribution in [2.75, 3.05) is 7.11 Å². The average Bonchev–Trinajstić information content (AvgIpc) is 2.15. The van der Waals surface area contributed by atoms with E-state index < -0.39 is 12.1 Å². The molecule has 0 aromatic heterocycles.